The minimum atomic E-state index is -1.35. The van der Waals surface area contributed by atoms with Gasteiger partial charge in [-0.2, -0.15) is 0 Å². The standard InChI is InChI=1S/C20H20FN5/c1-23-16-8-6-15(7-9-16)12-26-18-5-3-2-4-17(18)24-19(26)25-11-10-20(21,13-22)14-25/h2-9H,10-14,22H2/t20-/m1/s1. The van der Waals surface area contributed by atoms with Crippen LogP contribution in [0.1, 0.15) is 12.0 Å². The molecule has 1 aromatic heterocycles. The second-order valence-corrected chi connectivity index (χ2v) is 6.79. The summed E-state index contributed by atoms with van der Waals surface area (Å²) in [5.74, 6) is 0.772. The molecule has 0 aliphatic carbocycles. The van der Waals surface area contributed by atoms with E-state index in [1.807, 2.05) is 53.4 Å². The fourth-order valence-electron chi connectivity index (χ4n) is 3.49. The van der Waals surface area contributed by atoms with Crippen molar-refractivity contribution < 1.29 is 4.39 Å². The Morgan fingerprint density at radius 3 is 2.65 bits per heavy atom. The summed E-state index contributed by atoms with van der Waals surface area (Å²) < 4.78 is 16.8. The van der Waals surface area contributed by atoms with E-state index in [1.165, 1.54) is 0 Å². The highest BCUT2D eigenvalue weighted by molar-refractivity contribution is 5.79. The zero-order valence-electron chi connectivity index (χ0n) is 14.4. The van der Waals surface area contributed by atoms with Crippen LogP contribution in [0.4, 0.5) is 16.0 Å². The lowest BCUT2D eigenvalue weighted by Crippen LogP contribution is -2.37. The van der Waals surface area contributed by atoms with Gasteiger partial charge >= 0.3 is 0 Å². The smallest absolute Gasteiger partial charge is 0.206 e. The van der Waals surface area contributed by atoms with Crippen LogP contribution in [0, 0.1) is 6.57 Å². The molecule has 0 amide bonds. The summed E-state index contributed by atoms with van der Waals surface area (Å²) in [4.78, 5) is 10.2. The second kappa shape index (κ2) is 6.43. The van der Waals surface area contributed by atoms with Gasteiger partial charge in [0.05, 0.1) is 30.7 Å². The Morgan fingerprint density at radius 2 is 1.96 bits per heavy atom. The first-order valence-corrected chi connectivity index (χ1v) is 8.67. The molecule has 0 spiro atoms. The van der Waals surface area contributed by atoms with Crippen LogP contribution in [-0.4, -0.2) is 34.9 Å². The minimum absolute atomic E-state index is 0.0296. The van der Waals surface area contributed by atoms with Gasteiger partial charge in [0, 0.05) is 19.5 Å². The first-order chi connectivity index (χ1) is 12.6. The number of halogens is 1. The van der Waals surface area contributed by atoms with E-state index in [1.54, 1.807) is 0 Å². The van der Waals surface area contributed by atoms with Crippen molar-refractivity contribution in [1.82, 2.24) is 9.55 Å². The molecule has 3 aromatic rings. The van der Waals surface area contributed by atoms with Crippen LogP contribution in [0.2, 0.25) is 0 Å². The van der Waals surface area contributed by atoms with Crippen LogP contribution < -0.4 is 10.6 Å². The number of nitrogens with zero attached hydrogens (tertiary/aromatic N) is 4. The summed E-state index contributed by atoms with van der Waals surface area (Å²) in [5, 5.41) is 0. The number of imidazole rings is 1. The molecule has 1 aliphatic rings. The van der Waals surface area contributed by atoms with E-state index in [9.17, 15) is 4.39 Å². The first kappa shape index (κ1) is 16.6. The lowest BCUT2D eigenvalue weighted by Gasteiger charge is -2.21. The highest BCUT2D eigenvalue weighted by Crippen LogP contribution is 2.31. The zero-order chi connectivity index (χ0) is 18.1. The Morgan fingerprint density at radius 1 is 1.19 bits per heavy atom. The van der Waals surface area contributed by atoms with Crippen molar-refractivity contribution in [2.24, 2.45) is 5.73 Å². The normalized spacial score (nSPS) is 19.8. The average molecular weight is 349 g/mol. The summed E-state index contributed by atoms with van der Waals surface area (Å²) >= 11 is 0. The molecule has 26 heavy (non-hydrogen) atoms. The first-order valence-electron chi connectivity index (χ1n) is 8.67. The molecule has 0 radical (unpaired) electrons. The van der Waals surface area contributed by atoms with Crippen LogP contribution in [-0.2, 0) is 6.54 Å². The summed E-state index contributed by atoms with van der Waals surface area (Å²) in [6.07, 6.45) is 0.423. The molecular weight excluding hydrogens is 329 g/mol. The molecule has 5 nitrogen and oxygen atoms in total. The number of para-hydroxylation sites is 2. The molecule has 2 aromatic carbocycles. The SMILES string of the molecule is [C-]#[N+]c1ccc(Cn2c(N3CC[C@@](F)(CN)C3)nc3ccccc32)cc1. The van der Waals surface area contributed by atoms with Crippen LogP contribution in [0.25, 0.3) is 15.9 Å². The van der Waals surface area contributed by atoms with Gasteiger partial charge in [0.1, 0.15) is 5.67 Å². The van der Waals surface area contributed by atoms with E-state index in [4.69, 9.17) is 17.3 Å². The topological polar surface area (TPSA) is 51.4 Å². The highest BCUT2D eigenvalue weighted by atomic mass is 19.1. The Hall–Kier alpha value is -2.91. The van der Waals surface area contributed by atoms with Gasteiger partial charge in [0.2, 0.25) is 5.95 Å². The monoisotopic (exact) mass is 349 g/mol. The zero-order valence-corrected chi connectivity index (χ0v) is 14.4. The molecule has 4 rings (SSSR count). The van der Waals surface area contributed by atoms with Crippen molar-refractivity contribution >= 4 is 22.7 Å². The predicted molar refractivity (Wildman–Crippen MR) is 101 cm³/mol. The van der Waals surface area contributed by atoms with Gasteiger partial charge in [-0.15, -0.1) is 0 Å². The minimum Gasteiger partial charge on any atom is -0.339 e. The quantitative estimate of drug-likeness (QED) is 0.734. The Balaban J connectivity index is 1.73. The fraction of sp³-hybridized carbons (Fsp3) is 0.300. The Bertz CT molecular complexity index is 972. The molecule has 0 saturated carbocycles. The van der Waals surface area contributed by atoms with E-state index >= 15 is 0 Å². The van der Waals surface area contributed by atoms with E-state index in [0.29, 0.717) is 25.2 Å². The maximum Gasteiger partial charge on any atom is 0.206 e. The molecule has 1 saturated heterocycles. The van der Waals surface area contributed by atoms with E-state index in [0.717, 1.165) is 22.5 Å². The van der Waals surface area contributed by atoms with E-state index in [2.05, 4.69) is 9.41 Å². The summed E-state index contributed by atoms with van der Waals surface area (Å²) in [6, 6.07) is 15.5. The molecule has 0 bridgehead atoms. The molecule has 6 heteroatoms. The Kier molecular flexibility index (Phi) is 4.09. The highest BCUT2D eigenvalue weighted by Gasteiger charge is 2.38. The van der Waals surface area contributed by atoms with Gasteiger partial charge < -0.3 is 15.2 Å². The van der Waals surface area contributed by atoms with Crippen LogP contribution in [0.15, 0.2) is 48.5 Å². The van der Waals surface area contributed by atoms with Gasteiger partial charge in [0.15, 0.2) is 5.69 Å². The second-order valence-electron chi connectivity index (χ2n) is 6.79. The van der Waals surface area contributed by atoms with Crippen LogP contribution >= 0.6 is 0 Å². The maximum absolute atomic E-state index is 14.6. The van der Waals surface area contributed by atoms with Crippen molar-refractivity contribution in [3.63, 3.8) is 0 Å². The molecular formula is C20H20FN5. The summed E-state index contributed by atoms with van der Waals surface area (Å²) in [6.45, 7) is 8.60. The molecule has 1 aliphatic heterocycles. The van der Waals surface area contributed by atoms with Gasteiger partial charge in [-0.1, -0.05) is 36.4 Å². The number of hydrogen-bond donors (Lipinski definition) is 1. The fourth-order valence-corrected chi connectivity index (χ4v) is 3.49. The van der Waals surface area contributed by atoms with Gasteiger partial charge in [0.25, 0.3) is 0 Å². The maximum atomic E-state index is 14.6. The molecule has 2 N–H and O–H groups in total. The van der Waals surface area contributed by atoms with Crippen molar-refractivity contribution in [3.05, 3.63) is 65.5 Å². The number of fused-ring (bicyclic) bond motifs is 1. The van der Waals surface area contributed by atoms with Gasteiger partial charge in [-0.3, -0.25) is 0 Å². The summed E-state index contributed by atoms with van der Waals surface area (Å²) in [5.41, 5.74) is 7.87. The Labute approximate surface area is 151 Å². The van der Waals surface area contributed by atoms with Crippen molar-refractivity contribution in [2.75, 3.05) is 24.5 Å². The molecule has 132 valence electrons. The lowest BCUT2D eigenvalue weighted by molar-refractivity contribution is 0.203. The van der Waals surface area contributed by atoms with Gasteiger partial charge in [-0.05, 0) is 17.7 Å². The average Bonchev–Trinajstić information content (AvgIpc) is 3.24. The number of aromatic nitrogens is 2. The third kappa shape index (κ3) is 2.91. The summed E-state index contributed by atoms with van der Waals surface area (Å²) in [7, 11) is 0. The molecule has 0 unspecified atom stereocenters. The molecule has 1 atom stereocenters. The number of benzene rings is 2. The number of alkyl halides is 1. The van der Waals surface area contributed by atoms with Crippen molar-refractivity contribution in [1.29, 1.82) is 0 Å². The number of rotatable bonds is 4. The predicted octanol–water partition coefficient (Wildman–Crippen LogP) is 3.51. The van der Waals surface area contributed by atoms with Crippen molar-refractivity contribution in [2.45, 2.75) is 18.6 Å². The number of nitrogens with two attached hydrogens (primary N) is 1. The third-order valence-electron chi connectivity index (χ3n) is 4.99. The van der Waals surface area contributed by atoms with Crippen molar-refractivity contribution in [3.8, 4) is 0 Å². The lowest BCUT2D eigenvalue weighted by atomic mass is 10.1. The van der Waals surface area contributed by atoms with Crippen LogP contribution in [0.5, 0.6) is 0 Å². The van der Waals surface area contributed by atoms with E-state index < -0.39 is 5.67 Å². The molecule has 1 fully saturated rings. The largest absolute Gasteiger partial charge is 0.339 e. The van der Waals surface area contributed by atoms with Crippen LogP contribution in [0.3, 0.4) is 0 Å². The number of anilines is 1. The molecule has 2 heterocycles. The van der Waals surface area contributed by atoms with Gasteiger partial charge in [-0.25, -0.2) is 14.2 Å². The third-order valence-corrected chi connectivity index (χ3v) is 4.99. The van der Waals surface area contributed by atoms with E-state index in [-0.39, 0.29) is 13.1 Å². The number of hydrogen-bond acceptors (Lipinski definition) is 3.